The van der Waals surface area contributed by atoms with E-state index in [0.29, 0.717) is 23.7 Å². The first kappa shape index (κ1) is 19.7. The Bertz CT molecular complexity index is 902. The molecule has 0 saturated heterocycles. The van der Waals surface area contributed by atoms with Crippen LogP contribution in [0.3, 0.4) is 0 Å². The molecule has 0 aliphatic rings. The Morgan fingerprint density at radius 1 is 1.12 bits per heavy atom. The highest BCUT2D eigenvalue weighted by Crippen LogP contribution is 2.28. The quantitative estimate of drug-likeness (QED) is 0.567. The van der Waals surface area contributed by atoms with Gasteiger partial charge in [0, 0.05) is 5.56 Å². The van der Waals surface area contributed by atoms with Crippen LogP contribution in [0, 0.1) is 0 Å². The van der Waals surface area contributed by atoms with Gasteiger partial charge in [0.15, 0.2) is 17.3 Å². The van der Waals surface area contributed by atoms with E-state index in [0.717, 1.165) is 5.56 Å². The van der Waals surface area contributed by atoms with Crippen molar-refractivity contribution in [2.45, 2.75) is 11.8 Å². The number of rotatable bonds is 8. The van der Waals surface area contributed by atoms with Gasteiger partial charge in [-0.2, -0.15) is 0 Å². The zero-order valence-electron chi connectivity index (χ0n) is 14.9. The van der Waals surface area contributed by atoms with Gasteiger partial charge in [-0.15, -0.1) is 0 Å². The van der Waals surface area contributed by atoms with Crippen LogP contribution < -0.4 is 14.2 Å². The Kier molecular flexibility index (Phi) is 6.54. The third-order valence-electron chi connectivity index (χ3n) is 3.63. The molecule has 6 nitrogen and oxygen atoms in total. The summed E-state index contributed by atoms with van der Waals surface area (Å²) in [7, 11) is -0.618. The molecule has 0 spiro atoms. The van der Waals surface area contributed by atoms with Crippen molar-refractivity contribution >= 4 is 21.9 Å². The van der Waals surface area contributed by atoms with Gasteiger partial charge in [-0.05, 0) is 62.0 Å². The van der Waals surface area contributed by atoms with E-state index in [9.17, 15) is 13.2 Å². The molecule has 7 heteroatoms. The van der Waals surface area contributed by atoms with Crippen LogP contribution in [0.4, 0.5) is 0 Å². The smallest absolute Gasteiger partial charge is 0.240 e. The highest BCUT2D eigenvalue weighted by atomic mass is 32.2. The monoisotopic (exact) mass is 375 g/mol. The predicted octanol–water partition coefficient (Wildman–Crippen LogP) is 2.90. The third-order valence-corrected chi connectivity index (χ3v) is 5.06. The lowest BCUT2D eigenvalue weighted by molar-refractivity contribution is 0.104. The van der Waals surface area contributed by atoms with Crippen LogP contribution in [0.25, 0.3) is 6.08 Å². The number of nitrogens with one attached hydrogen (secondary N) is 1. The number of hydrogen-bond donors (Lipinski definition) is 1. The molecule has 0 heterocycles. The summed E-state index contributed by atoms with van der Waals surface area (Å²) in [5.74, 6) is 0.995. The summed E-state index contributed by atoms with van der Waals surface area (Å²) in [6, 6.07) is 11.1. The van der Waals surface area contributed by atoms with Crippen molar-refractivity contribution in [1.29, 1.82) is 0 Å². The largest absolute Gasteiger partial charge is 0.493 e. The normalized spacial score (nSPS) is 11.5. The first-order valence-electron chi connectivity index (χ1n) is 7.98. The topological polar surface area (TPSA) is 81.7 Å². The second-order valence-corrected chi connectivity index (χ2v) is 7.16. The Hall–Kier alpha value is -2.64. The van der Waals surface area contributed by atoms with E-state index >= 15 is 0 Å². The van der Waals surface area contributed by atoms with Gasteiger partial charge in [-0.1, -0.05) is 12.1 Å². The van der Waals surface area contributed by atoms with Crippen LogP contribution >= 0.6 is 0 Å². The molecule has 0 aliphatic heterocycles. The molecule has 0 atom stereocenters. The van der Waals surface area contributed by atoms with Crippen molar-refractivity contribution in [2.75, 3.05) is 20.8 Å². The fraction of sp³-hybridized carbons (Fsp3) is 0.211. The van der Waals surface area contributed by atoms with Crippen molar-refractivity contribution in [3.8, 4) is 11.5 Å². The minimum absolute atomic E-state index is 0.108. The maximum absolute atomic E-state index is 12.3. The van der Waals surface area contributed by atoms with Gasteiger partial charge in [0.25, 0.3) is 0 Å². The zero-order valence-corrected chi connectivity index (χ0v) is 15.7. The SMILES string of the molecule is CCOc1cc(/C=C/C(=O)c2ccc(S(=O)(=O)NC)cc2)ccc1OC. The summed E-state index contributed by atoms with van der Waals surface area (Å²) >= 11 is 0. The fourth-order valence-electron chi connectivity index (χ4n) is 2.25. The van der Waals surface area contributed by atoms with Crippen molar-refractivity contribution in [1.82, 2.24) is 4.72 Å². The molecule has 2 aromatic rings. The molecule has 0 fully saturated rings. The van der Waals surface area contributed by atoms with Crippen LogP contribution in [0.1, 0.15) is 22.8 Å². The molecule has 0 unspecified atom stereocenters. The van der Waals surface area contributed by atoms with E-state index < -0.39 is 10.0 Å². The number of methoxy groups -OCH3 is 1. The van der Waals surface area contributed by atoms with Crippen LogP contribution in [-0.4, -0.2) is 35.0 Å². The van der Waals surface area contributed by atoms with Crippen LogP contribution in [0.15, 0.2) is 53.4 Å². The summed E-state index contributed by atoms with van der Waals surface area (Å²) in [5.41, 5.74) is 1.19. The lowest BCUT2D eigenvalue weighted by Crippen LogP contribution is -2.18. The molecule has 0 bridgehead atoms. The summed E-state index contributed by atoms with van der Waals surface area (Å²) in [6.45, 7) is 2.38. The molecule has 2 rings (SSSR count). The summed E-state index contributed by atoms with van der Waals surface area (Å²) < 4.78 is 36.4. The predicted molar refractivity (Wildman–Crippen MR) is 100 cm³/mol. The number of allylic oxidation sites excluding steroid dienone is 1. The van der Waals surface area contributed by atoms with Gasteiger partial charge in [0.2, 0.25) is 10.0 Å². The highest BCUT2D eigenvalue weighted by molar-refractivity contribution is 7.89. The Balaban J connectivity index is 2.18. The van der Waals surface area contributed by atoms with Crippen molar-refractivity contribution in [3.05, 3.63) is 59.7 Å². The second-order valence-electron chi connectivity index (χ2n) is 5.27. The zero-order chi connectivity index (χ0) is 19.2. The lowest BCUT2D eigenvalue weighted by Gasteiger charge is -2.09. The van der Waals surface area contributed by atoms with E-state index in [4.69, 9.17) is 9.47 Å². The Morgan fingerprint density at radius 3 is 2.38 bits per heavy atom. The molecule has 0 amide bonds. The average molecular weight is 375 g/mol. The molecule has 0 radical (unpaired) electrons. The highest BCUT2D eigenvalue weighted by Gasteiger charge is 2.11. The lowest BCUT2D eigenvalue weighted by atomic mass is 10.1. The minimum atomic E-state index is -3.52. The van der Waals surface area contributed by atoms with E-state index in [1.54, 1.807) is 25.3 Å². The van der Waals surface area contributed by atoms with Crippen LogP contribution in [0.2, 0.25) is 0 Å². The van der Waals surface area contributed by atoms with Crippen molar-refractivity contribution < 1.29 is 22.7 Å². The van der Waals surface area contributed by atoms with Crippen molar-refractivity contribution in [3.63, 3.8) is 0 Å². The maximum atomic E-state index is 12.3. The molecular formula is C19H21NO5S. The standard InChI is InChI=1S/C19H21NO5S/c1-4-25-19-13-14(6-12-18(19)24-3)5-11-17(21)15-7-9-16(10-8-15)26(22,23)20-2/h5-13,20H,4H2,1-3H3/b11-5+. The van der Waals surface area contributed by atoms with E-state index in [1.807, 2.05) is 13.0 Å². The molecule has 26 heavy (non-hydrogen) atoms. The number of hydrogen-bond acceptors (Lipinski definition) is 5. The number of ether oxygens (including phenoxy) is 2. The molecule has 0 saturated carbocycles. The minimum Gasteiger partial charge on any atom is -0.493 e. The summed E-state index contributed by atoms with van der Waals surface area (Å²) in [4.78, 5) is 12.4. The number of ketones is 1. The first-order chi connectivity index (χ1) is 12.4. The third kappa shape index (κ3) is 4.71. The van der Waals surface area contributed by atoms with Gasteiger partial charge in [-0.3, -0.25) is 4.79 Å². The van der Waals surface area contributed by atoms with Crippen LogP contribution in [0.5, 0.6) is 11.5 Å². The maximum Gasteiger partial charge on any atom is 0.240 e. The first-order valence-corrected chi connectivity index (χ1v) is 9.46. The van der Waals surface area contributed by atoms with Gasteiger partial charge in [0.1, 0.15) is 0 Å². The van der Waals surface area contributed by atoms with E-state index in [2.05, 4.69) is 4.72 Å². The van der Waals surface area contributed by atoms with E-state index in [1.165, 1.54) is 37.4 Å². The molecule has 1 N–H and O–H groups in total. The number of carbonyl (C=O) groups excluding carboxylic acids is 1. The van der Waals surface area contributed by atoms with Gasteiger partial charge < -0.3 is 9.47 Å². The molecule has 2 aromatic carbocycles. The summed E-state index contributed by atoms with van der Waals surface area (Å²) in [6.07, 6.45) is 3.10. The molecular weight excluding hydrogens is 354 g/mol. The Labute approximate surface area is 153 Å². The molecule has 0 aliphatic carbocycles. The van der Waals surface area contributed by atoms with Gasteiger partial charge >= 0.3 is 0 Å². The van der Waals surface area contributed by atoms with Gasteiger partial charge in [0.05, 0.1) is 18.6 Å². The Morgan fingerprint density at radius 2 is 1.81 bits per heavy atom. The molecule has 0 aromatic heterocycles. The number of benzene rings is 2. The van der Waals surface area contributed by atoms with Gasteiger partial charge in [-0.25, -0.2) is 13.1 Å². The van der Waals surface area contributed by atoms with Crippen LogP contribution in [-0.2, 0) is 10.0 Å². The number of sulfonamides is 1. The van der Waals surface area contributed by atoms with Crippen molar-refractivity contribution in [2.24, 2.45) is 0 Å². The fourth-order valence-corrected chi connectivity index (χ4v) is 2.98. The number of carbonyl (C=O) groups is 1. The summed E-state index contributed by atoms with van der Waals surface area (Å²) in [5, 5.41) is 0. The van der Waals surface area contributed by atoms with E-state index in [-0.39, 0.29) is 10.7 Å². The molecule has 138 valence electrons. The second kappa shape index (κ2) is 8.64. The average Bonchev–Trinajstić information content (AvgIpc) is 2.66.